The van der Waals surface area contributed by atoms with Crippen molar-refractivity contribution in [1.82, 2.24) is 5.32 Å². The van der Waals surface area contributed by atoms with Gasteiger partial charge in [0, 0.05) is 43.4 Å². The Morgan fingerprint density at radius 3 is 2.85 bits per heavy atom. The van der Waals surface area contributed by atoms with E-state index in [1.807, 2.05) is 0 Å². The average molecular weight is 341 g/mol. The molecule has 1 unspecified atom stereocenters. The van der Waals surface area contributed by atoms with Crippen molar-refractivity contribution in [3.63, 3.8) is 0 Å². The number of ether oxygens (including phenoxy) is 1. The van der Waals surface area contributed by atoms with Crippen LogP contribution in [0, 0.1) is 5.92 Å². The molecule has 1 aliphatic rings. The minimum absolute atomic E-state index is 0.619. The largest absolute Gasteiger partial charge is 0.383 e. The Morgan fingerprint density at radius 1 is 1.45 bits per heavy atom. The van der Waals surface area contributed by atoms with Gasteiger partial charge in [0.2, 0.25) is 0 Å². The second-order valence-electron chi connectivity index (χ2n) is 5.63. The summed E-state index contributed by atoms with van der Waals surface area (Å²) in [4.78, 5) is 2.43. The summed E-state index contributed by atoms with van der Waals surface area (Å²) in [6, 6.07) is 7.18. The monoisotopic (exact) mass is 340 g/mol. The molecule has 1 aliphatic carbocycles. The van der Waals surface area contributed by atoms with E-state index in [0.717, 1.165) is 30.1 Å². The molecule has 0 aromatic heterocycles. The van der Waals surface area contributed by atoms with Gasteiger partial charge in [0.1, 0.15) is 0 Å². The first kappa shape index (κ1) is 15.8. The van der Waals surface area contributed by atoms with E-state index >= 15 is 0 Å². The van der Waals surface area contributed by atoms with Crippen LogP contribution >= 0.6 is 15.9 Å². The molecule has 0 spiro atoms. The first-order chi connectivity index (χ1) is 9.63. The molecule has 0 saturated heterocycles. The molecule has 4 heteroatoms. The summed E-state index contributed by atoms with van der Waals surface area (Å²) in [5.41, 5.74) is 2.67. The van der Waals surface area contributed by atoms with Gasteiger partial charge in [-0.25, -0.2) is 0 Å². The van der Waals surface area contributed by atoms with Crippen LogP contribution in [0.25, 0.3) is 0 Å². The highest BCUT2D eigenvalue weighted by Gasteiger charge is 2.31. The normalized spacial score (nSPS) is 16.2. The molecule has 1 aromatic rings. The molecule has 1 aromatic carbocycles. The summed E-state index contributed by atoms with van der Waals surface area (Å²) in [6.45, 7) is 4.84. The van der Waals surface area contributed by atoms with Crippen LogP contribution < -0.4 is 10.2 Å². The molecule has 0 amide bonds. The number of anilines is 1. The Balaban J connectivity index is 2.05. The fourth-order valence-electron chi connectivity index (χ4n) is 2.55. The molecular weight excluding hydrogens is 316 g/mol. The van der Waals surface area contributed by atoms with Gasteiger partial charge >= 0.3 is 0 Å². The molecule has 1 fully saturated rings. The number of halogens is 1. The number of benzene rings is 1. The first-order valence-electron chi connectivity index (χ1n) is 7.34. The van der Waals surface area contributed by atoms with E-state index in [9.17, 15) is 0 Å². The van der Waals surface area contributed by atoms with Gasteiger partial charge in [0.05, 0.1) is 6.61 Å². The van der Waals surface area contributed by atoms with Crippen molar-refractivity contribution in [3.05, 3.63) is 28.2 Å². The van der Waals surface area contributed by atoms with Crippen molar-refractivity contribution in [3.8, 4) is 0 Å². The van der Waals surface area contributed by atoms with E-state index in [1.165, 1.54) is 24.1 Å². The lowest BCUT2D eigenvalue weighted by atomic mass is 10.1. The third-order valence-electron chi connectivity index (χ3n) is 4.14. The lowest BCUT2D eigenvalue weighted by Gasteiger charge is -2.29. The van der Waals surface area contributed by atoms with Crippen LogP contribution in [0.15, 0.2) is 22.7 Å². The van der Waals surface area contributed by atoms with Gasteiger partial charge in [-0.2, -0.15) is 0 Å². The molecular formula is C16H25BrN2O. The molecule has 1 atom stereocenters. The number of nitrogens with zero attached hydrogens (tertiary/aromatic N) is 1. The van der Waals surface area contributed by atoms with Crippen molar-refractivity contribution in [2.45, 2.75) is 32.4 Å². The second-order valence-corrected chi connectivity index (χ2v) is 6.55. The molecule has 0 radical (unpaired) electrons. The Hall–Kier alpha value is -0.580. The minimum atomic E-state index is 0.619. The van der Waals surface area contributed by atoms with E-state index in [1.54, 1.807) is 7.11 Å². The summed E-state index contributed by atoms with van der Waals surface area (Å²) in [7, 11) is 3.95. The predicted molar refractivity (Wildman–Crippen MR) is 88.3 cm³/mol. The topological polar surface area (TPSA) is 24.5 Å². The third-order valence-corrected chi connectivity index (χ3v) is 4.63. The van der Waals surface area contributed by atoms with Crippen LogP contribution in [0.3, 0.4) is 0 Å². The molecule has 1 N–H and O–H groups in total. The van der Waals surface area contributed by atoms with Crippen LogP contribution in [0.1, 0.15) is 25.3 Å². The van der Waals surface area contributed by atoms with Gasteiger partial charge in [-0.1, -0.05) is 15.9 Å². The maximum absolute atomic E-state index is 5.08. The molecule has 3 nitrogen and oxygen atoms in total. The molecule has 0 bridgehead atoms. The van der Waals surface area contributed by atoms with Crippen LogP contribution in [0.4, 0.5) is 5.69 Å². The lowest BCUT2D eigenvalue weighted by molar-refractivity contribution is 0.199. The first-order valence-corrected chi connectivity index (χ1v) is 8.13. The van der Waals surface area contributed by atoms with E-state index < -0.39 is 0 Å². The maximum Gasteiger partial charge on any atom is 0.0587 e. The third kappa shape index (κ3) is 4.21. The number of rotatable bonds is 8. The van der Waals surface area contributed by atoms with Crippen molar-refractivity contribution in [2.75, 3.05) is 32.2 Å². The minimum Gasteiger partial charge on any atom is -0.383 e. The Labute approximate surface area is 130 Å². The fraction of sp³-hybridized carbons (Fsp3) is 0.625. The van der Waals surface area contributed by atoms with E-state index in [-0.39, 0.29) is 0 Å². The zero-order chi connectivity index (χ0) is 14.5. The second kappa shape index (κ2) is 7.43. The summed E-state index contributed by atoms with van der Waals surface area (Å²) < 4.78 is 6.21. The van der Waals surface area contributed by atoms with Crippen molar-refractivity contribution < 1.29 is 4.74 Å². The van der Waals surface area contributed by atoms with Gasteiger partial charge in [0.15, 0.2) is 0 Å². The van der Waals surface area contributed by atoms with E-state index in [4.69, 9.17) is 4.74 Å². The SMILES string of the molecule is COCCNCc1cc(Br)ccc1N(C)C(C)C1CC1. The number of hydrogen-bond acceptors (Lipinski definition) is 3. The van der Waals surface area contributed by atoms with Gasteiger partial charge < -0.3 is 15.0 Å². The molecule has 0 aliphatic heterocycles. The Kier molecular flexibility index (Phi) is 5.87. The highest BCUT2D eigenvalue weighted by molar-refractivity contribution is 9.10. The fourth-order valence-corrected chi connectivity index (χ4v) is 2.96. The summed E-state index contributed by atoms with van der Waals surface area (Å²) >= 11 is 3.58. The van der Waals surface area contributed by atoms with Crippen LogP contribution in [0.2, 0.25) is 0 Å². The highest BCUT2D eigenvalue weighted by atomic mass is 79.9. The predicted octanol–water partition coefficient (Wildman–Crippen LogP) is 3.42. The molecule has 2 rings (SSSR count). The molecule has 20 heavy (non-hydrogen) atoms. The number of methoxy groups -OCH3 is 1. The molecule has 112 valence electrons. The van der Waals surface area contributed by atoms with Gasteiger partial charge in [-0.15, -0.1) is 0 Å². The van der Waals surface area contributed by atoms with Gasteiger partial charge in [0.25, 0.3) is 0 Å². The standard InChI is InChI=1S/C16H25BrN2O/c1-12(13-4-5-13)19(2)16-7-6-15(17)10-14(16)11-18-8-9-20-3/h6-7,10,12-13,18H,4-5,8-9,11H2,1-3H3. The zero-order valence-corrected chi connectivity index (χ0v) is 14.2. The molecule has 0 heterocycles. The number of hydrogen-bond donors (Lipinski definition) is 1. The van der Waals surface area contributed by atoms with E-state index in [2.05, 4.69) is 58.3 Å². The summed E-state index contributed by atoms with van der Waals surface area (Å²) in [6.07, 6.45) is 2.76. The Morgan fingerprint density at radius 2 is 2.20 bits per heavy atom. The van der Waals surface area contributed by atoms with Gasteiger partial charge in [-0.05, 0) is 49.4 Å². The van der Waals surface area contributed by atoms with Crippen LogP contribution in [0.5, 0.6) is 0 Å². The lowest BCUT2D eigenvalue weighted by Crippen LogP contribution is -2.32. The van der Waals surface area contributed by atoms with Crippen molar-refractivity contribution in [2.24, 2.45) is 5.92 Å². The highest BCUT2D eigenvalue weighted by Crippen LogP contribution is 2.37. The Bertz CT molecular complexity index is 434. The zero-order valence-electron chi connectivity index (χ0n) is 12.7. The van der Waals surface area contributed by atoms with E-state index in [0.29, 0.717) is 6.04 Å². The molecule has 1 saturated carbocycles. The summed E-state index contributed by atoms with van der Waals surface area (Å²) in [5, 5.41) is 3.44. The van der Waals surface area contributed by atoms with Crippen molar-refractivity contribution >= 4 is 21.6 Å². The average Bonchev–Trinajstić information content (AvgIpc) is 3.27. The smallest absolute Gasteiger partial charge is 0.0587 e. The van der Waals surface area contributed by atoms with Crippen LogP contribution in [-0.4, -0.2) is 33.4 Å². The van der Waals surface area contributed by atoms with Crippen LogP contribution in [-0.2, 0) is 11.3 Å². The van der Waals surface area contributed by atoms with Crippen molar-refractivity contribution in [1.29, 1.82) is 0 Å². The summed E-state index contributed by atoms with van der Waals surface area (Å²) in [5.74, 6) is 0.873. The number of nitrogens with one attached hydrogen (secondary N) is 1. The quantitative estimate of drug-likeness (QED) is 0.734. The maximum atomic E-state index is 5.08. The van der Waals surface area contributed by atoms with Gasteiger partial charge in [-0.3, -0.25) is 0 Å².